The number of carbonyl (C=O) groups is 2. The number of nitrogens with one attached hydrogen (secondary N) is 1. The average molecular weight is 277 g/mol. The van der Waals surface area contributed by atoms with E-state index >= 15 is 0 Å². The van der Waals surface area contributed by atoms with Crippen LogP contribution in [0.25, 0.3) is 0 Å². The maximum Gasteiger partial charge on any atom is 0.317 e. The van der Waals surface area contributed by atoms with E-state index in [1.807, 2.05) is 6.92 Å². The van der Waals surface area contributed by atoms with Crippen molar-refractivity contribution in [2.45, 2.75) is 6.92 Å². The molecule has 108 valence electrons. The lowest BCUT2D eigenvalue weighted by Crippen LogP contribution is -2.53. The van der Waals surface area contributed by atoms with Crippen molar-refractivity contribution in [2.75, 3.05) is 32.7 Å². The first-order chi connectivity index (χ1) is 9.61. The second-order valence-corrected chi connectivity index (χ2v) is 4.67. The molecule has 1 aliphatic heterocycles. The Labute approximate surface area is 118 Å². The van der Waals surface area contributed by atoms with Crippen molar-refractivity contribution < 1.29 is 14.7 Å². The fourth-order valence-corrected chi connectivity index (χ4v) is 2.20. The normalized spacial score (nSPS) is 15.1. The van der Waals surface area contributed by atoms with E-state index in [9.17, 15) is 14.7 Å². The van der Waals surface area contributed by atoms with E-state index in [0.717, 1.165) is 0 Å². The highest BCUT2D eigenvalue weighted by Gasteiger charge is 2.24. The van der Waals surface area contributed by atoms with Crippen molar-refractivity contribution in [2.24, 2.45) is 0 Å². The van der Waals surface area contributed by atoms with Gasteiger partial charge < -0.3 is 20.2 Å². The number of hydrogen-bond acceptors (Lipinski definition) is 3. The average Bonchev–Trinajstić information content (AvgIpc) is 2.47. The van der Waals surface area contributed by atoms with Crippen molar-refractivity contribution in [3.8, 4) is 5.75 Å². The molecule has 1 saturated heterocycles. The first kappa shape index (κ1) is 14.2. The van der Waals surface area contributed by atoms with Gasteiger partial charge in [-0.15, -0.1) is 0 Å². The van der Waals surface area contributed by atoms with Crippen molar-refractivity contribution in [1.82, 2.24) is 15.1 Å². The highest BCUT2D eigenvalue weighted by Crippen LogP contribution is 2.14. The molecule has 0 radical (unpaired) electrons. The lowest BCUT2D eigenvalue weighted by Gasteiger charge is -2.34. The Kier molecular flexibility index (Phi) is 4.45. The summed E-state index contributed by atoms with van der Waals surface area (Å²) in [4.78, 5) is 27.3. The Morgan fingerprint density at radius 2 is 1.85 bits per heavy atom. The van der Waals surface area contributed by atoms with Crippen LogP contribution in [0.15, 0.2) is 24.3 Å². The lowest BCUT2D eigenvalue weighted by molar-refractivity contribution is 0.0665. The largest absolute Gasteiger partial charge is 0.508 e. The molecule has 0 unspecified atom stereocenters. The van der Waals surface area contributed by atoms with Crippen LogP contribution in [0.2, 0.25) is 0 Å². The van der Waals surface area contributed by atoms with Crippen LogP contribution >= 0.6 is 0 Å². The first-order valence-electron chi connectivity index (χ1n) is 6.73. The zero-order valence-electron chi connectivity index (χ0n) is 11.5. The minimum atomic E-state index is -0.114. The summed E-state index contributed by atoms with van der Waals surface area (Å²) in [6, 6.07) is 6.23. The third-order valence-electron chi connectivity index (χ3n) is 3.28. The molecule has 0 aliphatic carbocycles. The predicted molar refractivity (Wildman–Crippen MR) is 74.7 cm³/mol. The highest BCUT2D eigenvalue weighted by atomic mass is 16.3. The molecular weight excluding hydrogens is 258 g/mol. The van der Waals surface area contributed by atoms with Crippen molar-refractivity contribution in [3.05, 3.63) is 29.8 Å². The second kappa shape index (κ2) is 6.27. The van der Waals surface area contributed by atoms with Gasteiger partial charge in [0.05, 0.1) is 0 Å². The molecule has 1 heterocycles. The summed E-state index contributed by atoms with van der Waals surface area (Å²) in [7, 11) is 0. The third kappa shape index (κ3) is 3.20. The molecule has 2 rings (SSSR count). The number of phenols is 1. The van der Waals surface area contributed by atoms with E-state index in [4.69, 9.17) is 0 Å². The van der Waals surface area contributed by atoms with Gasteiger partial charge in [0, 0.05) is 38.3 Å². The van der Waals surface area contributed by atoms with Gasteiger partial charge in [0.25, 0.3) is 5.91 Å². The molecular formula is C14H19N3O3. The Balaban J connectivity index is 1.93. The highest BCUT2D eigenvalue weighted by molar-refractivity contribution is 5.94. The number of aromatic hydroxyl groups is 1. The van der Waals surface area contributed by atoms with E-state index in [1.54, 1.807) is 21.9 Å². The van der Waals surface area contributed by atoms with Crippen LogP contribution in [0.1, 0.15) is 17.3 Å². The van der Waals surface area contributed by atoms with Crippen molar-refractivity contribution >= 4 is 11.9 Å². The van der Waals surface area contributed by atoms with Crippen LogP contribution in [0.5, 0.6) is 5.75 Å². The smallest absolute Gasteiger partial charge is 0.317 e. The Bertz CT molecular complexity index is 496. The number of rotatable bonds is 2. The molecule has 1 aromatic rings. The minimum absolute atomic E-state index is 0.0804. The summed E-state index contributed by atoms with van der Waals surface area (Å²) >= 11 is 0. The van der Waals surface area contributed by atoms with E-state index in [1.165, 1.54) is 12.1 Å². The van der Waals surface area contributed by atoms with Gasteiger partial charge in [0.15, 0.2) is 0 Å². The van der Waals surface area contributed by atoms with Crippen LogP contribution in [0.3, 0.4) is 0 Å². The summed E-state index contributed by atoms with van der Waals surface area (Å²) in [5.41, 5.74) is 0.469. The number of benzene rings is 1. The van der Waals surface area contributed by atoms with Crippen molar-refractivity contribution in [3.63, 3.8) is 0 Å². The number of phenolic OH excluding ortho intramolecular Hbond substituents is 1. The number of piperazine rings is 1. The SMILES string of the molecule is CCNC(=O)N1CCN(C(=O)c2cccc(O)c2)CC1. The summed E-state index contributed by atoms with van der Waals surface area (Å²) in [5.74, 6) is -0.0340. The molecule has 0 atom stereocenters. The number of hydrogen-bond donors (Lipinski definition) is 2. The maximum atomic E-state index is 12.2. The van der Waals surface area contributed by atoms with E-state index in [2.05, 4.69) is 5.32 Å². The van der Waals surface area contributed by atoms with Crippen LogP contribution in [0, 0.1) is 0 Å². The summed E-state index contributed by atoms with van der Waals surface area (Å²) in [6.45, 7) is 4.53. The van der Waals surface area contributed by atoms with Crippen LogP contribution < -0.4 is 5.32 Å². The molecule has 2 N–H and O–H groups in total. The number of urea groups is 1. The quantitative estimate of drug-likeness (QED) is 0.843. The van der Waals surface area contributed by atoms with Gasteiger partial charge in [-0.3, -0.25) is 4.79 Å². The summed E-state index contributed by atoms with van der Waals surface area (Å²) < 4.78 is 0. The second-order valence-electron chi connectivity index (χ2n) is 4.67. The van der Waals surface area contributed by atoms with Gasteiger partial charge in [-0.25, -0.2) is 4.79 Å². The molecule has 0 spiro atoms. The van der Waals surface area contributed by atoms with Crippen LogP contribution in [-0.2, 0) is 0 Å². The lowest BCUT2D eigenvalue weighted by atomic mass is 10.1. The topological polar surface area (TPSA) is 72.9 Å². The molecule has 1 fully saturated rings. The van der Waals surface area contributed by atoms with Gasteiger partial charge in [0.2, 0.25) is 0 Å². The zero-order valence-corrected chi connectivity index (χ0v) is 11.5. The molecule has 0 aromatic heterocycles. The third-order valence-corrected chi connectivity index (χ3v) is 3.28. The monoisotopic (exact) mass is 277 g/mol. The van der Waals surface area contributed by atoms with Crippen LogP contribution in [0.4, 0.5) is 4.79 Å². The van der Waals surface area contributed by atoms with Gasteiger partial charge in [0.1, 0.15) is 5.75 Å². The molecule has 3 amide bonds. The number of carbonyl (C=O) groups excluding carboxylic acids is 2. The fraction of sp³-hybridized carbons (Fsp3) is 0.429. The van der Waals surface area contributed by atoms with Crippen molar-refractivity contribution in [1.29, 1.82) is 0 Å². The van der Waals surface area contributed by atoms with E-state index in [-0.39, 0.29) is 17.7 Å². The minimum Gasteiger partial charge on any atom is -0.508 e. The zero-order chi connectivity index (χ0) is 14.5. The molecule has 1 aliphatic rings. The molecule has 0 bridgehead atoms. The Morgan fingerprint density at radius 1 is 1.20 bits per heavy atom. The first-order valence-corrected chi connectivity index (χ1v) is 6.73. The molecule has 20 heavy (non-hydrogen) atoms. The van der Waals surface area contributed by atoms with Crippen LogP contribution in [-0.4, -0.2) is 59.6 Å². The van der Waals surface area contributed by atoms with Gasteiger partial charge in [-0.05, 0) is 25.1 Å². The predicted octanol–water partition coefficient (Wildman–Crippen LogP) is 0.879. The molecule has 6 heteroatoms. The summed E-state index contributed by atoms with van der Waals surface area (Å²) in [5, 5.41) is 12.2. The Hall–Kier alpha value is -2.24. The van der Waals surface area contributed by atoms with Gasteiger partial charge in [-0.1, -0.05) is 6.07 Å². The number of amides is 3. The maximum absolute atomic E-state index is 12.2. The molecule has 6 nitrogen and oxygen atoms in total. The standard InChI is InChI=1S/C14H19N3O3/c1-2-15-14(20)17-8-6-16(7-9-17)13(19)11-4-3-5-12(18)10-11/h3-5,10,18H,2,6-9H2,1H3,(H,15,20). The molecule has 1 aromatic carbocycles. The van der Waals surface area contributed by atoms with E-state index in [0.29, 0.717) is 38.3 Å². The van der Waals surface area contributed by atoms with Gasteiger partial charge in [-0.2, -0.15) is 0 Å². The van der Waals surface area contributed by atoms with E-state index < -0.39 is 0 Å². The number of nitrogens with zero attached hydrogens (tertiary/aromatic N) is 2. The Morgan fingerprint density at radius 3 is 2.45 bits per heavy atom. The molecule has 0 saturated carbocycles. The fourth-order valence-electron chi connectivity index (χ4n) is 2.20. The van der Waals surface area contributed by atoms with Gasteiger partial charge >= 0.3 is 6.03 Å². The summed E-state index contributed by atoms with van der Waals surface area (Å²) in [6.07, 6.45) is 0.